The predicted molar refractivity (Wildman–Crippen MR) is 106 cm³/mol. The molecular formula is C22H28N2O2. The zero-order valence-corrected chi connectivity index (χ0v) is 15.7. The van der Waals surface area contributed by atoms with Gasteiger partial charge in [-0.15, -0.1) is 0 Å². The van der Waals surface area contributed by atoms with Crippen LogP contribution in [0.15, 0.2) is 54.6 Å². The van der Waals surface area contributed by atoms with Crippen LogP contribution in [-0.4, -0.2) is 43.6 Å². The first-order valence-electron chi connectivity index (χ1n) is 9.45. The number of carbonyl (C=O) groups excluding carboxylic acids is 1. The fraction of sp³-hybridized carbons (Fsp3) is 0.409. The van der Waals surface area contributed by atoms with Crippen LogP contribution in [0.2, 0.25) is 0 Å². The molecule has 1 aliphatic heterocycles. The van der Waals surface area contributed by atoms with Crippen molar-refractivity contribution in [1.29, 1.82) is 0 Å². The van der Waals surface area contributed by atoms with E-state index in [1.165, 1.54) is 5.69 Å². The van der Waals surface area contributed by atoms with Gasteiger partial charge in [-0.3, -0.25) is 4.79 Å². The molecule has 4 heteroatoms. The molecular weight excluding hydrogens is 324 g/mol. The molecule has 1 amide bonds. The van der Waals surface area contributed by atoms with E-state index in [0.717, 1.165) is 38.3 Å². The third-order valence-electron chi connectivity index (χ3n) is 4.73. The van der Waals surface area contributed by atoms with Gasteiger partial charge in [-0.1, -0.05) is 38.1 Å². The van der Waals surface area contributed by atoms with Gasteiger partial charge >= 0.3 is 0 Å². The maximum absolute atomic E-state index is 12.8. The number of hydrogen-bond donors (Lipinski definition) is 0. The first-order chi connectivity index (χ1) is 12.6. The highest BCUT2D eigenvalue weighted by molar-refractivity contribution is 5.94. The summed E-state index contributed by atoms with van der Waals surface area (Å²) in [6, 6.07) is 17.9. The first kappa shape index (κ1) is 18.3. The van der Waals surface area contributed by atoms with Crippen molar-refractivity contribution >= 4 is 11.6 Å². The van der Waals surface area contributed by atoms with Crippen molar-refractivity contribution in [3.63, 3.8) is 0 Å². The number of rotatable bonds is 6. The number of hydrogen-bond acceptors (Lipinski definition) is 3. The molecule has 0 unspecified atom stereocenters. The number of benzene rings is 2. The Hall–Kier alpha value is -2.49. The lowest BCUT2D eigenvalue weighted by Gasteiger charge is -2.36. The number of ether oxygens (including phenoxy) is 1. The quantitative estimate of drug-likeness (QED) is 0.785. The summed E-state index contributed by atoms with van der Waals surface area (Å²) >= 11 is 0. The van der Waals surface area contributed by atoms with Crippen LogP contribution in [0.4, 0.5) is 5.69 Å². The van der Waals surface area contributed by atoms with Gasteiger partial charge in [-0.05, 0) is 42.7 Å². The summed E-state index contributed by atoms with van der Waals surface area (Å²) in [5.41, 5.74) is 1.93. The SMILES string of the molecule is CC(C)CCOc1cccc(C(=O)N2CCN(c3ccccc3)CC2)c1. The average Bonchev–Trinajstić information content (AvgIpc) is 2.68. The Labute approximate surface area is 156 Å². The smallest absolute Gasteiger partial charge is 0.254 e. The summed E-state index contributed by atoms with van der Waals surface area (Å²) in [7, 11) is 0. The second kappa shape index (κ2) is 8.75. The van der Waals surface area contributed by atoms with Crippen LogP contribution >= 0.6 is 0 Å². The van der Waals surface area contributed by atoms with Crippen LogP contribution in [0, 0.1) is 5.92 Å². The lowest BCUT2D eigenvalue weighted by Crippen LogP contribution is -2.48. The molecule has 3 rings (SSSR count). The number of nitrogens with zero attached hydrogens (tertiary/aromatic N) is 2. The lowest BCUT2D eigenvalue weighted by molar-refractivity contribution is 0.0746. The monoisotopic (exact) mass is 352 g/mol. The zero-order valence-electron chi connectivity index (χ0n) is 15.7. The van der Waals surface area contributed by atoms with Crippen molar-refractivity contribution in [2.45, 2.75) is 20.3 Å². The second-order valence-electron chi connectivity index (χ2n) is 7.17. The number of amides is 1. The molecule has 0 aromatic heterocycles. The Morgan fingerprint density at radius 3 is 2.42 bits per heavy atom. The number of anilines is 1. The topological polar surface area (TPSA) is 32.8 Å². The minimum atomic E-state index is 0.0898. The van der Waals surface area contributed by atoms with E-state index in [1.54, 1.807) is 0 Å². The third-order valence-corrected chi connectivity index (χ3v) is 4.73. The molecule has 0 atom stereocenters. The Morgan fingerprint density at radius 2 is 1.73 bits per heavy atom. The van der Waals surface area contributed by atoms with Gasteiger partial charge in [0, 0.05) is 37.4 Å². The largest absolute Gasteiger partial charge is 0.494 e. The number of carbonyl (C=O) groups is 1. The van der Waals surface area contributed by atoms with Crippen LogP contribution in [0.25, 0.3) is 0 Å². The van der Waals surface area contributed by atoms with E-state index in [9.17, 15) is 4.79 Å². The fourth-order valence-corrected chi connectivity index (χ4v) is 3.12. The molecule has 0 spiro atoms. The molecule has 1 fully saturated rings. The Kier molecular flexibility index (Phi) is 6.16. The van der Waals surface area contributed by atoms with E-state index in [2.05, 4.69) is 43.0 Å². The maximum Gasteiger partial charge on any atom is 0.254 e. The molecule has 1 saturated heterocycles. The molecule has 2 aromatic rings. The molecule has 1 aliphatic rings. The standard InChI is InChI=1S/C22H28N2O2/c1-18(2)11-16-26-21-10-6-7-19(17-21)22(25)24-14-12-23(13-15-24)20-8-4-3-5-9-20/h3-10,17-18H,11-16H2,1-2H3. The molecule has 0 aliphatic carbocycles. The maximum atomic E-state index is 12.8. The highest BCUT2D eigenvalue weighted by atomic mass is 16.5. The van der Waals surface area contributed by atoms with Crippen molar-refractivity contribution < 1.29 is 9.53 Å². The Balaban J connectivity index is 1.56. The van der Waals surface area contributed by atoms with E-state index in [-0.39, 0.29) is 5.91 Å². The second-order valence-corrected chi connectivity index (χ2v) is 7.17. The van der Waals surface area contributed by atoms with Crippen LogP contribution < -0.4 is 9.64 Å². The van der Waals surface area contributed by atoms with Crippen LogP contribution in [-0.2, 0) is 0 Å². The van der Waals surface area contributed by atoms with Crippen molar-refractivity contribution in [1.82, 2.24) is 4.90 Å². The summed E-state index contributed by atoms with van der Waals surface area (Å²) in [5.74, 6) is 1.48. The predicted octanol–water partition coefficient (Wildman–Crippen LogP) is 4.07. The summed E-state index contributed by atoms with van der Waals surface area (Å²) in [6.45, 7) is 8.25. The lowest BCUT2D eigenvalue weighted by atomic mass is 10.1. The van der Waals surface area contributed by atoms with Crippen molar-refractivity contribution in [2.24, 2.45) is 5.92 Å². The fourth-order valence-electron chi connectivity index (χ4n) is 3.12. The molecule has 0 radical (unpaired) electrons. The Morgan fingerprint density at radius 1 is 1.00 bits per heavy atom. The zero-order chi connectivity index (χ0) is 18.4. The summed E-state index contributed by atoms with van der Waals surface area (Å²) in [6.07, 6.45) is 1.01. The van der Waals surface area contributed by atoms with Gasteiger partial charge in [0.05, 0.1) is 6.61 Å². The first-order valence-corrected chi connectivity index (χ1v) is 9.45. The Bertz CT molecular complexity index is 707. The van der Waals surface area contributed by atoms with E-state index in [4.69, 9.17) is 4.74 Å². The summed E-state index contributed by atoms with van der Waals surface area (Å²) in [4.78, 5) is 17.1. The molecule has 0 N–H and O–H groups in total. The van der Waals surface area contributed by atoms with Crippen molar-refractivity contribution in [3.8, 4) is 5.75 Å². The molecule has 2 aromatic carbocycles. The molecule has 4 nitrogen and oxygen atoms in total. The van der Waals surface area contributed by atoms with Crippen LogP contribution in [0.5, 0.6) is 5.75 Å². The van der Waals surface area contributed by atoms with Gasteiger partial charge in [-0.25, -0.2) is 0 Å². The van der Waals surface area contributed by atoms with Crippen molar-refractivity contribution in [3.05, 3.63) is 60.2 Å². The molecule has 1 heterocycles. The number of piperazine rings is 1. The normalized spacial score (nSPS) is 14.6. The van der Waals surface area contributed by atoms with E-state index in [1.807, 2.05) is 35.2 Å². The van der Waals surface area contributed by atoms with Gasteiger partial charge in [0.15, 0.2) is 0 Å². The van der Waals surface area contributed by atoms with Crippen LogP contribution in [0.3, 0.4) is 0 Å². The minimum Gasteiger partial charge on any atom is -0.494 e. The van der Waals surface area contributed by atoms with Gasteiger partial charge in [0.25, 0.3) is 5.91 Å². The molecule has 0 bridgehead atoms. The van der Waals surface area contributed by atoms with E-state index in [0.29, 0.717) is 18.1 Å². The minimum absolute atomic E-state index is 0.0898. The highest BCUT2D eigenvalue weighted by Crippen LogP contribution is 2.19. The van der Waals surface area contributed by atoms with E-state index < -0.39 is 0 Å². The summed E-state index contributed by atoms with van der Waals surface area (Å²) in [5, 5.41) is 0. The van der Waals surface area contributed by atoms with Gasteiger partial charge in [-0.2, -0.15) is 0 Å². The van der Waals surface area contributed by atoms with E-state index >= 15 is 0 Å². The van der Waals surface area contributed by atoms with Crippen molar-refractivity contribution in [2.75, 3.05) is 37.7 Å². The highest BCUT2D eigenvalue weighted by Gasteiger charge is 2.22. The molecule has 0 saturated carbocycles. The van der Waals surface area contributed by atoms with Crippen LogP contribution in [0.1, 0.15) is 30.6 Å². The molecule has 138 valence electrons. The third kappa shape index (κ3) is 4.78. The summed E-state index contributed by atoms with van der Waals surface area (Å²) < 4.78 is 5.79. The number of para-hydroxylation sites is 1. The average molecular weight is 352 g/mol. The molecule has 26 heavy (non-hydrogen) atoms. The van der Waals surface area contributed by atoms with Gasteiger partial charge < -0.3 is 14.5 Å². The van der Waals surface area contributed by atoms with Gasteiger partial charge in [0.2, 0.25) is 0 Å². The van der Waals surface area contributed by atoms with Gasteiger partial charge in [0.1, 0.15) is 5.75 Å².